The van der Waals surface area contributed by atoms with Crippen molar-refractivity contribution in [3.8, 4) is 5.75 Å². The summed E-state index contributed by atoms with van der Waals surface area (Å²) in [6, 6.07) is 16.0. The van der Waals surface area contributed by atoms with Crippen molar-refractivity contribution >= 4 is 23.5 Å². The van der Waals surface area contributed by atoms with E-state index in [1.54, 1.807) is 38.3 Å². The second kappa shape index (κ2) is 11.3. The molecule has 0 saturated carbocycles. The minimum absolute atomic E-state index is 0.111. The van der Waals surface area contributed by atoms with Gasteiger partial charge in [0.2, 0.25) is 11.8 Å². The van der Waals surface area contributed by atoms with Crippen LogP contribution in [0.3, 0.4) is 0 Å². The number of amides is 4. The molecule has 0 heterocycles. The molecule has 0 saturated heterocycles. The second-order valence-electron chi connectivity index (χ2n) is 6.21. The maximum Gasteiger partial charge on any atom is 0.315 e. The lowest BCUT2D eigenvalue weighted by atomic mass is 10.2. The second-order valence-corrected chi connectivity index (χ2v) is 6.21. The Morgan fingerprint density at radius 1 is 1.00 bits per heavy atom. The summed E-state index contributed by atoms with van der Waals surface area (Å²) in [5.74, 6) is -0.0536. The van der Waals surface area contributed by atoms with Crippen molar-refractivity contribution < 1.29 is 19.1 Å². The van der Waals surface area contributed by atoms with Crippen LogP contribution in [0.15, 0.2) is 54.6 Å². The molecular weight excluding hydrogens is 372 g/mol. The van der Waals surface area contributed by atoms with Crippen molar-refractivity contribution in [1.29, 1.82) is 0 Å². The summed E-state index contributed by atoms with van der Waals surface area (Å²) >= 11 is 0. The maximum absolute atomic E-state index is 12.3. The third-order valence-corrected chi connectivity index (χ3v) is 4.12. The topological polar surface area (TPSA) is 99.8 Å². The average Bonchev–Trinajstić information content (AvgIpc) is 2.75. The summed E-state index contributed by atoms with van der Waals surface area (Å²) in [4.78, 5) is 37.8. The normalized spacial score (nSPS) is 10.0. The number of carbonyl (C=O) groups is 3. The molecule has 3 N–H and O–H groups in total. The molecule has 0 bridgehead atoms. The first-order valence-corrected chi connectivity index (χ1v) is 9.29. The van der Waals surface area contributed by atoms with Crippen molar-refractivity contribution in [2.24, 2.45) is 0 Å². The monoisotopic (exact) mass is 398 g/mol. The first-order valence-electron chi connectivity index (χ1n) is 9.29. The zero-order valence-electron chi connectivity index (χ0n) is 16.6. The van der Waals surface area contributed by atoms with E-state index in [0.29, 0.717) is 24.5 Å². The molecule has 0 aliphatic heterocycles. The lowest BCUT2D eigenvalue weighted by Gasteiger charge is -2.20. The highest BCUT2D eigenvalue weighted by molar-refractivity contribution is 5.95. The number of hydrogen-bond acceptors (Lipinski definition) is 4. The van der Waals surface area contributed by atoms with Gasteiger partial charge in [-0.3, -0.25) is 9.59 Å². The van der Waals surface area contributed by atoms with E-state index in [1.807, 2.05) is 30.3 Å². The Morgan fingerprint density at radius 2 is 1.76 bits per heavy atom. The van der Waals surface area contributed by atoms with Gasteiger partial charge in [-0.2, -0.15) is 0 Å². The number of anilines is 1. The number of benzene rings is 2. The molecule has 154 valence electrons. The molecule has 0 unspecified atom stereocenters. The molecule has 0 aliphatic rings. The van der Waals surface area contributed by atoms with E-state index in [4.69, 9.17) is 4.74 Å². The first kappa shape index (κ1) is 21.7. The molecule has 2 rings (SSSR count). The van der Waals surface area contributed by atoms with Crippen LogP contribution >= 0.6 is 0 Å². The SMILES string of the molecule is CCN(CC(=O)Nc1cccc(OC)c1)C(=O)CNC(=O)NCc1ccccc1. The van der Waals surface area contributed by atoms with E-state index in [-0.39, 0.29) is 24.9 Å². The molecule has 0 aromatic heterocycles. The summed E-state index contributed by atoms with van der Waals surface area (Å²) < 4.78 is 5.12. The molecule has 0 aliphatic carbocycles. The number of methoxy groups -OCH3 is 1. The van der Waals surface area contributed by atoms with E-state index >= 15 is 0 Å². The molecule has 2 aromatic carbocycles. The van der Waals surface area contributed by atoms with E-state index in [2.05, 4.69) is 16.0 Å². The van der Waals surface area contributed by atoms with Gasteiger partial charge in [-0.25, -0.2) is 4.79 Å². The van der Waals surface area contributed by atoms with Crippen LogP contribution in [0.4, 0.5) is 10.5 Å². The van der Waals surface area contributed by atoms with E-state index in [0.717, 1.165) is 5.56 Å². The third kappa shape index (κ3) is 7.53. The molecule has 0 spiro atoms. The zero-order valence-corrected chi connectivity index (χ0v) is 16.6. The van der Waals surface area contributed by atoms with Gasteiger partial charge in [0.1, 0.15) is 5.75 Å². The van der Waals surface area contributed by atoms with Crippen LogP contribution in [0.5, 0.6) is 5.75 Å². The number of carbonyl (C=O) groups excluding carboxylic acids is 3. The number of hydrogen-bond donors (Lipinski definition) is 3. The van der Waals surface area contributed by atoms with Crippen LogP contribution in [0.2, 0.25) is 0 Å². The largest absolute Gasteiger partial charge is 0.497 e. The molecule has 0 fully saturated rings. The fraction of sp³-hybridized carbons (Fsp3) is 0.286. The van der Waals surface area contributed by atoms with E-state index in [1.165, 1.54) is 4.90 Å². The molecule has 4 amide bonds. The van der Waals surface area contributed by atoms with Gasteiger partial charge in [-0.1, -0.05) is 36.4 Å². The zero-order chi connectivity index (χ0) is 21.1. The average molecular weight is 398 g/mol. The van der Waals surface area contributed by atoms with Crippen molar-refractivity contribution in [2.45, 2.75) is 13.5 Å². The number of urea groups is 1. The predicted molar refractivity (Wildman–Crippen MR) is 111 cm³/mol. The number of nitrogens with zero attached hydrogens (tertiary/aromatic N) is 1. The molecule has 8 heteroatoms. The molecule has 8 nitrogen and oxygen atoms in total. The van der Waals surface area contributed by atoms with Crippen LogP contribution in [-0.4, -0.2) is 49.5 Å². The van der Waals surface area contributed by atoms with Crippen LogP contribution in [0.1, 0.15) is 12.5 Å². The molecular formula is C21H26N4O4. The van der Waals surface area contributed by atoms with Crippen LogP contribution in [0.25, 0.3) is 0 Å². The Morgan fingerprint density at radius 3 is 2.45 bits per heavy atom. The lowest BCUT2D eigenvalue weighted by Crippen LogP contribution is -2.45. The molecule has 29 heavy (non-hydrogen) atoms. The summed E-state index contributed by atoms with van der Waals surface area (Å²) in [5, 5.41) is 7.93. The van der Waals surface area contributed by atoms with E-state index < -0.39 is 6.03 Å². The Kier molecular flexibility index (Phi) is 8.50. The molecule has 0 atom stereocenters. The Bertz CT molecular complexity index is 826. The van der Waals surface area contributed by atoms with Gasteiger partial charge >= 0.3 is 6.03 Å². The number of ether oxygens (including phenoxy) is 1. The van der Waals surface area contributed by atoms with Crippen LogP contribution in [0, 0.1) is 0 Å². The lowest BCUT2D eigenvalue weighted by molar-refractivity contribution is -0.133. The fourth-order valence-corrected chi connectivity index (χ4v) is 2.56. The van der Waals surface area contributed by atoms with Crippen LogP contribution in [-0.2, 0) is 16.1 Å². The number of nitrogens with one attached hydrogen (secondary N) is 3. The molecule has 0 radical (unpaired) electrons. The highest BCUT2D eigenvalue weighted by atomic mass is 16.5. The summed E-state index contributed by atoms with van der Waals surface area (Å²) in [6.45, 7) is 2.17. The maximum atomic E-state index is 12.3. The minimum atomic E-state index is -0.445. The van der Waals surface area contributed by atoms with Crippen LogP contribution < -0.4 is 20.7 Å². The highest BCUT2D eigenvalue weighted by Crippen LogP contribution is 2.16. The third-order valence-electron chi connectivity index (χ3n) is 4.12. The number of rotatable bonds is 9. The van der Waals surface area contributed by atoms with Gasteiger partial charge in [0.15, 0.2) is 0 Å². The summed E-state index contributed by atoms with van der Waals surface area (Å²) in [6.07, 6.45) is 0. The minimum Gasteiger partial charge on any atom is -0.497 e. The first-order chi connectivity index (χ1) is 14.0. The Balaban J connectivity index is 1.76. The summed E-state index contributed by atoms with van der Waals surface area (Å²) in [5.41, 5.74) is 1.54. The quantitative estimate of drug-likeness (QED) is 0.601. The fourth-order valence-electron chi connectivity index (χ4n) is 2.56. The van der Waals surface area contributed by atoms with Crippen molar-refractivity contribution in [1.82, 2.24) is 15.5 Å². The summed E-state index contributed by atoms with van der Waals surface area (Å²) in [7, 11) is 1.54. The Hall–Kier alpha value is -3.55. The van der Waals surface area contributed by atoms with Crippen molar-refractivity contribution in [2.75, 3.05) is 32.1 Å². The van der Waals surface area contributed by atoms with Crippen molar-refractivity contribution in [3.63, 3.8) is 0 Å². The number of likely N-dealkylation sites (N-methyl/N-ethyl adjacent to an activating group) is 1. The van der Waals surface area contributed by atoms with Gasteiger partial charge in [0.05, 0.1) is 20.2 Å². The smallest absolute Gasteiger partial charge is 0.315 e. The van der Waals surface area contributed by atoms with Gasteiger partial charge in [0, 0.05) is 24.8 Å². The predicted octanol–water partition coefficient (Wildman–Crippen LogP) is 1.98. The van der Waals surface area contributed by atoms with Gasteiger partial charge < -0.3 is 25.6 Å². The highest BCUT2D eigenvalue weighted by Gasteiger charge is 2.16. The van der Waals surface area contributed by atoms with Crippen molar-refractivity contribution in [3.05, 3.63) is 60.2 Å². The standard InChI is InChI=1S/C21H26N4O4/c1-3-25(15-19(26)24-17-10-7-11-18(12-17)29-2)20(27)14-23-21(28)22-13-16-8-5-4-6-9-16/h4-12H,3,13-15H2,1-2H3,(H,24,26)(H2,22,23,28). The van der Waals surface area contributed by atoms with E-state index in [9.17, 15) is 14.4 Å². The van der Waals surface area contributed by atoms with Gasteiger partial charge in [0.25, 0.3) is 0 Å². The van der Waals surface area contributed by atoms with Gasteiger partial charge in [-0.05, 0) is 24.6 Å². The Labute approximate surface area is 170 Å². The van der Waals surface area contributed by atoms with Gasteiger partial charge in [-0.15, -0.1) is 0 Å². The molecule has 2 aromatic rings.